The SMILES string of the molecule is Clc1c(Br)ccc2c1cnn2[C@H]1CCCCO1. The van der Waals surface area contributed by atoms with Gasteiger partial charge in [-0.2, -0.15) is 5.10 Å². The molecule has 0 radical (unpaired) electrons. The molecule has 3 rings (SSSR count). The van der Waals surface area contributed by atoms with Gasteiger partial charge in [-0.15, -0.1) is 0 Å². The lowest BCUT2D eigenvalue weighted by Crippen LogP contribution is -2.18. The van der Waals surface area contributed by atoms with Gasteiger partial charge in [-0.05, 0) is 47.3 Å². The maximum absolute atomic E-state index is 6.24. The molecule has 90 valence electrons. The van der Waals surface area contributed by atoms with Gasteiger partial charge in [-0.25, -0.2) is 4.68 Å². The highest BCUT2D eigenvalue weighted by atomic mass is 79.9. The van der Waals surface area contributed by atoms with Gasteiger partial charge in [0.1, 0.15) is 0 Å². The summed E-state index contributed by atoms with van der Waals surface area (Å²) in [7, 11) is 0. The van der Waals surface area contributed by atoms with Crippen molar-refractivity contribution in [3.63, 3.8) is 0 Å². The maximum Gasteiger partial charge on any atom is 0.150 e. The van der Waals surface area contributed by atoms with Crippen molar-refractivity contribution in [2.45, 2.75) is 25.5 Å². The van der Waals surface area contributed by atoms with Crippen molar-refractivity contribution in [1.82, 2.24) is 9.78 Å². The Hall–Kier alpha value is -0.580. The molecule has 5 heteroatoms. The van der Waals surface area contributed by atoms with E-state index in [2.05, 4.69) is 21.0 Å². The normalized spacial score (nSPS) is 20.9. The molecular formula is C12H12BrClN2O. The number of hydrogen-bond donors (Lipinski definition) is 0. The van der Waals surface area contributed by atoms with Gasteiger partial charge in [0.25, 0.3) is 0 Å². The zero-order valence-electron chi connectivity index (χ0n) is 9.20. The van der Waals surface area contributed by atoms with Gasteiger partial charge in [0.05, 0.1) is 16.7 Å². The molecule has 1 aliphatic rings. The largest absolute Gasteiger partial charge is 0.356 e. The van der Waals surface area contributed by atoms with Gasteiger partial charge in [-0.3, -0.25) is 0 Å². The van der Waals surface area contributed by atoms with Crippen molar-refractivity contribution in [3.05, 3.63) is 27.8 Å². The predicted molar refractivity (Wildman–Crippen MR) is 71.3 cm³/mol. The number of ether oxygens (including phenoxy) is 1. The van der Waals surface area contributed by atoms with Crippen LogP contribution in [0, 0.1) is 0 Å². The smallest absolute Gasteiger partial charge is 0.150 e. The molecule has 1 fully saturated rings. The third-order valence-electron chi connectivity index (χ3n) is 3.10. The molecule has 0 amide bonds. The standard InChI is InChI=1S/C12H12BrClN2O/c13-9-4-5-10-8(12(9)14)7-15-16(10)11-3-1-2-6-17-11/h4-5,7,11H,1-3,6H2/t11-/m1/s1. The molecule has 0 unspecified atom stereocenters. The Bertz CT molecular complexity index is 549. The van der Waals surface area contributed by atoms with Crippen LogP contribution in [0.15, 0.2) is 22.8 Å². The van der Waals surface area contributed by atoms with Crippen molar-refractivity contribution in [3.8, 4) is 0 Å². The Labute approximate surface area is 113 Å². The first kappa shape index (κ1) is 11.5. The van der Waals surface area contributed by atoms with Crippen LogP contribution >= 0.6 is 27.5 Å². The molecule has 1 aromatic heterocycles. The van der Waals surface area contributed by atoms with E-state index in [4.69, 9.17) is 16.3 Å². The van der Waals surface area contributed by atoms with Gasteiger partial charge in [0, 0.05) is 16.5 Å². The molecule has 1 aliphatic heterocycles. The lowest BCUT2D eigenvalue weighted by atomic mass is 10.2. The van der Waals surface area contributed by atoms with Crippen molar-refractivity contribution >= 4 is 38.4 Å². The fourth-order valence-electron chi connectivity index (χ4n) is 2.21. The molecular weight excluding hydrogens is 304 g/mol. The number of nitrogens with zero attached hydrogens (tertiary/aromatic N) is 2. The van der Waals surface area contributed by atoms with Crippen LogP contribution in [0.2, 0.25) is 5.02 Å². The van der Waals surface area contributed by atoms with Crippen molar-refractivity contribution in [1.29, 1.82) is 0 Å². The summed E-state index contributed by atoms with van der Waals surface area (Å²) < 4.78 is 8.58. The average molecular weight is 316 g/mol. The molecule has 1 atom stereocenters. The molecule has 1 aromatic carbocycles. The number of benzene rings is 1. The zero-order chi connectivity index (χ0) is 11.8. The average Bonchev–Trinajstić information content (AvgIpc) is 2.79. The highest BCUT2D eigenvalue weighted by Gasteiger charge is 2.19. The second-order valence-electron chi connectivity index (χ2n) is 4.20. The molecule has 2 aromatic rings. The Morgan fingerprint density at radius 3 is 3.06 bits per heavy atom. The highest BCUT2D eigenvalue weighted by Crippen LogP contribution is 2.33. The minimum Gasteiger partial charge on any atom is -0.356 e. The summed E-state index contributed by atoms with van der Waals surface area (Å²) >= 11 is 9.66. The number of rotatable bonds is 1. The van der Waals surface area contributed by atoms with Crippen LogP contribution in [0.25, 0.3) is 10.9 Å². The lowest BCUT2D eigenvalue weighted by molar-refractivity contribution is -0.0366. The minimum atomic E-state index is 0.0542. The molecule has 17 heavy (non-hydrogen) atoms. The zero-order valence-corrected chi connectivity index (χ0v) is 11.5. The monoisotopic (exact) mass is 314 g/mol. The summed E-state index contributed by atoms with van der Waals surface area (Å²) in [6.07, 6.45) is 5.21. The Balaban J connectivity index is 2.08. The Kier molecular flexibility index (Phi) is 3.11. The summed E-state index contributed by atoms with van der Waals surface area (Å²) in [5.74, 6) is 0. The summed E-state index contributed by atoms with van der Waals surface area (Å²) in [6.45, 7) is 0.816. The topological polar surface area (TPSA) is 27.1 Å². The molecule has 1 saturated heterocycles. The van der Waals surface area contributed by atoms with Gasteiger partial charge in [0.2, 0.25) is 0 Å². The minimum absolute atomic E-state index is 0.0542. The molecule has 2 heterocycles. The molecule has 3 nitrogen and oxygen atoms in total. The summed E-state index contributed by atoms with van der Waals surface area (Å²) in [5, 5.41) is 6.09. The van der Waals surface area contributed by atoms with E-state index in [-0.39, 0.29) is 6.23 Å². The van der Waals surface area contributed by atoms with E-state index in [9.17, 15) is 0 Å². The number of halogens is 2. The molecule has 0 bridgehead atoms. The number of aromatic nitrogens is 2. The van der Waals surface area contributed by atoms with Crippen LogP contribution in [0.1, 0.15) is 25.5 Å². The Morgan fingerprint density at radius 1 is 1.41 bits per heavy atom. The summed E-state index contributed by atoms with van der Waals surface area (Å²) in [5.41, 5.74) is 1.03. The van der Waals surface area contributed by atoms with Crippen LogP contribution < -0.4 is 0 Å². The maximum atomic E-state index is 6.24. The van der Waals surface area contributed by atoms with E-state index in [1.807, 2.05) is 16.8 Å². The predicted octanol–water partition coefficient (Wildman–Crippen LogP) is 4.15. The van der Waals surface area contributed by atoms with Crippen LogP contribution in [0.3, 0.4) is 0 Å². The second-order valence-corrected chi connectivity index (χ2v) is 5.44. The second kappa shape index (κ2) is 4.59. The van der Waals surface area contributed by atoms with Gasteiger partial charge in [0.15, 0.2) is 6.23 Å². The van der Waals surface area contributed by atoms with Crippen molar-refractivity contribution in [2.75, 3.05) is 6.61 Å². The Morgan fingerprint density at radius 2 is 2.29 bits per heavy atom. The van der Waals surface area contributed by atoms with E-state index < -0.39 is 0 Å². The summed E-state index contributed by atoms with van der Waals surface area (Å²) in [6, 6.07) is 3.97. The highest BCUT2D eigenvalue weighted by molar-refractivity contribution is 9.10. The van der Waals surface area contributed by atoms with Crippen LogP contribution in [-0.2, 0) is 4.74 Å². The van der Waals surface area contributed by atoms with E-state index in [0.29, 0.717) is 5.02 Å². The quantitative estimate of drug-likeness (QED) is 0.790. The molecule has 0 spiro atoms. The number of hydrogen-bond acceptors (Lipinski definition) is 2. The third kappa shape index (κ3) is 1.98. The third-order valence-corrected chi connectivity index (χ3v) is 4.39. The van der Waals surface area contributed by atoms with Gasteiger partial charge < -0.3 is 4.74 Å². The van der Waals surface area contributed by atoms with E-state index in [1.54, 1.807) is 6.20 Å². The fraction of sp³-hybridized carbons (Fsp3) is 0.417. The van der Waals surface area contributed by atoms with Gasteiger partial charge >= 0.3 is 0 Å². The van der Waals surface area contributed by atoms with E-state index >= 15 is 0 Å². The van der Waals surface area contributed by atoms with Gasteiger partial charge in [-0.1, -0.05) is 11.6 Å². The van der Waals surface area contributed by atoms with E-state index in [1.165, 1.54) is 6.42 Å². The summed E-state index contributed by atoms with van der Waals surface area (Å²) in [4.78, 5) is 0. The van der Waals surface area contributed by atoms with Crippen LogP contribution in [-0.4, -0.2) is 16.4 Å². The number of fused-ring (bicyclic) bond motifs is 1. The lowest BCUT2D eigenvalue weighted by Gasteiger charge is -2.23. The first-order valence-electron chi connectivity index (χ1n) is 5.70. The fourth-order valence-corrected chi connectivity index (χ4v) is 2.76. The first-order chi connectivity index (χ1) is 8.27. The molecule has 0 N–H and O–H groups in total. The van der Waals surface area contributed by atoms with E-state index in [0.717, 1.165) is 34.8 Å². The van der Waals surface area contributed by atoms with Crippen molar-refractivity contribution < 1.29 is 4.74 Å². The first-order valence-corrected chi connectivity index (χ1v) is 6.87. The van der Waals surface area contributed by atoms with Crippen LogP contribution in [0.5, 0.6) is 0 Å². The van der Waals surface area contributed by atoms with Crippen LogP contribution in [0.4, 0.5) is 0 Å². The molecule has 0 saturated carbocycles. The molecule has 0 aliphatic carbocycles. The van der Waals surface area contributed by atoms with Crippen molar-refractivity contribution in [2.24, 2.45) is 0 Å².